The van der Waals surface area contributed by atoms with E-state index in [1.54, 1.807) is 23.9 Å². The Labute approximate surface area is 192 Å². The summed E-state index contributed by atoms with van der Waals surface area (Å²) in [6.45, 7) is 1.76. The van der Waals surface area contributed by atoms with E-state index in [2.05, 4.69) is 15.6 Å². The number of aromatic nitrogens is 2. The van der Waals surface area contributed by atoms with Gasteiger partial charge in [-0.3, -0.25) is 14.3 Å². The molecular formula is C23H22FN5O3S. The highest BCUT2D eigenvalue weighted by molar-refractivity contribution is 7.21. The average molecular weight is 468 g/mol. The van der Waals surface area contributed by atoms with Crippen LogP contribution in [0.1, 0.15) is 15.4 Å². The van der Waals surface area contributed by atoms with Gasteiger partial charge in [0.15, 0.2) is 0 Å². The van der Waals surface area contributed by atoms with Gasteiger partial charge in [-0.05, 0) is 43.3 Å². The molecule has 0 radical (unpaired) electrons. The molecule has 0 saturated carbocycles. The minimum atomic E-state index is -1.42. The first-order valence-corrected chi connectivity index (χ1v) is 11.3. The summed E-state index contributed by atoms with van der Waals surface area (Å²) in [7, 11) is 1.60. The number of fused-ring (bicyclic) bond motifs is 2. The van der Waals surface area contributed by atoms with Crippen LogP contribution in [-0.4, -0.2) is 63.9 Å². The van der Waals surface area contributed by atoms with Crippen molar-refractivity contribution in [2.75, 3.05) is 25.5 Å². The highest BCUT2D eigenvalue weighted by Gasteiger charge is 2.35. The van der Waals surface area contributed by atoms with Crippen molar-refractivity contribution in [3.8, 4) is 0 Å². The zero-order valence-electron chi connectivity index (χ0n) is 18.0. The van der Waals surface area contributed by atoms with Crippen molar-refractivity contribution in [3.05, 3.63) is 53.2 Å². The molecule has 0 bridgehead atoms. The summed E-state index contributed by atoms with van der Waals surface area (Å²) < 4.78 is 16.1. The fourth-order valence-corrected chi connectivity index (χ4v) is 5.23. The Hall–Kier alpha value is -3.50. The Morgan fingerprint density at radius 3 is 2.76 bits per heavy atom. The maximum atomic E-state index is 13.7. The van der Waals surface area contributed by atoms with Crippen LogP contribution in [0.4, 0.5) is 20.6 Å². The molecule has 3 aromatic heterocycles. The van der Waals surface area contributed by atoms with Crippen molar-refractivity contribution in [3.63, 3.8) is 0 Å². The standard InChI is InChI=1S/C23H22FN5O3S/c1-12-7-13-8-14(3-4-18(13)29(12)23(32)25-2)27-16-5-6-26-17-9-20(33-21(16)17)22(31)28-10-15(24)19(30)11-28/h3-9,15,19,30H,10-11H2,1-2H3,(H,25,32)(H,26,27)/t15?,19-/m1/s1. The van der Waals surface area contributed by atoms with Crippen LogP contribution in [0.2, 0.25) is 0 Å². The summed E-state index contributed by atoms with van der Waals surface area (Å²) in [4.78, 5) is 31.1. The van der Waals surface area contributed by atoms with Gasteiger partial charge in [0.1, 0.15) is 12.3 Å². The third kappa shape index (κ3) is 3.70. The van der Waals surface area contributed by atoms with Crippen LogP contribution < -0.4 is 10.6 Å². The van der Waals surface area contributed by atoms with E-state index in [9.17, 15) is 19.1 Å². The lowest BCUT2D eigenvalue weighted by molar-refractivity contribution is 0.0769. The molecule has 0 spiro atoms. The SMILES string of the molecule is CNC(=O)n1c(C)cc2cc(Nc3ccnc4cc(C(=O)N5CC(F)[C@H](O)C5)sc34)ccc21. The van der Waals surface area contributed by atoms with Crippen LogP contribution in [0.25, 0.3) is 21.1 Å². The number of benzene rings is 1. The van der Waals surface area contributed by atoms with E-state index in [0.29, 0.717) is 10.4 Å². The van der Waals surface area contributed by atoms with Gasteiger partial charge in [-0.2, -0.15) is 0 Å². The molecule has 170 valence electrons. The molecule has 8 nitrogen and oxygen atoms in total. The van der Waals surface area contributed by atoms with E-state index in [-0.39, 0.29) is 25.0 Å². The summed E-state index contributed by atoms with van der Waals surface area (Å²) >= 11 is 1.28. The largest absolute Gasteiger partial charge is 0.388 e. The average Bonchev–Trinajstić information content (AvgIpc) is 3.47. The van der Waals surface area contributed by atoms with Gasteiger partial charge in [0.05, 0.1) is 32.8 Å². The molecule has 1 unspecified atom stereocenters. The van der Waals surface area contributed by atoms with Crippen molar-refractivity contribution in [1.82, 2.24) is 19.8 Å². The molecule has 3 N–H and O–H groups in total. The smallest absolute Gasteiger partial charge is 0.325 e. The van der Waals surface area contributed by atoms with E-state index in [1.807, 2.05) is 37.3 Å². The van der Waals surface area contributed by atoms with Crippen molar-refractivity contribution in [2.24, 2.45) is 0 Å². The minimum absolute atomic E-state index is 0.0120. The number of rotatable bonds is 3. The molecule has 1 aliphatic rings. The number of carbonyl (C=O) groups is 2. The van der Waals surface area contributed by atoms with Crippen LogP contribution in [-0.2, 0) is 0 Å². The van der Waals surface area contributed by atoms with Gasteiger partial charge in [-0.25, -0.2) is 9.18 Å². The first kappa shape index (κ1) is 21.4. The van der Waals surface area contributed by atoms with Gasteiger partial charge >= 0.3 is 6.03 Å². The van der Waals surface area contributed by atoms with Gasteiger partial charge in [0.25, 0.3) is 5.91 Å². The number of anilines is 2. The Bertz CT molecular complexity index is 1390. The fraction of sp³-hybridized carbons (Fsp3) is 0.261. The number of β-amino-alcohol motifs (C(OH)–C–C–N with tert-alkyl or cyclic N) is 1. The van der Waals surface area contributed by atoms with Crippen molar-refractivity contribution in [2.45, 2.75) is 19.2 Å². The van der Waals surface area contributed by atoms with E-state index < -0.39 is 12.3 Å². The second-order valence-electron chi connectivity index (χ2n) is 8.05. The van der Waals surface area contributed by atoms with Crippen LogP contribution in [0.3, 0.4) is 0 Å². The lowest BCUT2D eigenvalue weighted by Crippen LogP contribution is -2.28. The Kier molecular flexibility index (Phi) is 5.26. The molecule has 1 aliphatic heterocycles. The maximum absolute atomic E-state index is 13.7. The molecule has 1 fully saturated rings. The number of hydrogen-bond acceptors (Lipinski definition) is 6. The summed E-state index contributed by atoms with van der Waals surface area (Å²) in [5, 5.41) is 16.6. The van der Waals surface area contributed by atoms with Crippen LogP contribution in [0.15, 0.2) is 42.6 Å². The number of nitrogens with zero attached hydrogens (tertiary/aromatic N) is 3. The number of likely N-dealkylation sites (tertiary alicyclic amines) is 1. The van der Waals surface area contributed by atoms with E-state index in [0.717, 1.165) is 32.7 Å². The van der Waals surface area contributed by atoms with E-state index in [1.165, 1.54) is 16.2 Å². The van der Waals surface area contributed by atoms with Crippen molar-refractivity contribution >= 4 is 55.8 Å². The summed E-state index contributed by atoms with van der Waals surface area (Å²) in [5.41, 5.74) is 3.91. The first-order valence-electron chi connectivity index (χ1n) is 10.5. The van der Waals surface area contributed by atoms with Crippen LogP contribution in [0.5, 0.6) is 0 Å². The van der Waals surface area contributed by atoms with Gasteiger partial charge in [-0.15, -0.1) is 11.3 Å². The monoisotopic (exact) mass is 467 g/mol. The number of aliphatic hydroxyl groups excluding tert-OH is 1. The van der Waals surface area contributed by atoms with Gasteiger partial charge in [0.2, 0.25) is 0 Å². The molecule has 33 heavy (non-hydrogen) atoms. The van der Waals surface area contributed by atoms with Crippen LogP contribution in [0, 0.1) is 6.92 Å². The number of nitrogens with one attached hydrogen (secondary N) is 2. The maximum Gasteiger partial charge on any atom is 0.325 e. The number of thiophene rings is 1. The fourth-order valence-electron chi connectivity index (χ4n) is 4.18. The number of alkyl halides is 1. The molecule has 1 saturated heterocycles. The molecule has 2 amide bonds. The molecule has 0 aliphatic carbocycles. The first-order chi connectivity index (χ1) is 15.9. The number of halogens is 1. The van der Waals surface area contributed by atoms with E-state index >= 15 is 0 Å². The molecule has 4 heterocycles. The van der Waals surface area contributed by atoms with Crippen molar-refractivity contribution < 1.29 is 19.1 Å². The third-order valence-electron chi connectivity index (χ3n) is 5.81. The third-order valence-corrected chi connectivity index (χ3v) is 6.96. The lowest BCUT2D eigenvalue weighted by atomic mass is 10.2. The highest BCUT2D eigenvalue weighted by atomic mass is 32.1. The van der Waals surface area contributed by atoms with Crippen molar-refractivity contribution in [1.29, 1.82) is 0 Å². The predicted molar refractivity (Wildman–Crippen MR) is 126 cm³/mol. The highest BCUT2D eigenvalue weighted by Crippen LogP contribution is 2.34. The molecule has 5 rings (SSSR count). The number of hydrogen-bond donors (Lipinski definition) is 3. The predicted octanol–water partition coefficient (Wildman–Crippen LogP) is 3.65. The Balaban J connectivity index is 1.45. The molecule has 2 atom stereocenters. The lowest BCUT2D eigenvalue weighted by Gasteiger charge is -2.13. The molecular weight excluding hydrogens is 445 g/mol. The number of carbonyl (C=O) groups excluding carboxylic acids is 2. The zero-order valence-corrected chi connectivity index (χ0v) is 18.8. The quantitative estimate of drug-likeness (QED) is 0.427. The Morgan fingerprint density at radius 2 is 2.03 bits per heavy atom. The topological polar surface area (TPSA) is 99.5 Å². The summed E-state index contributed by atoms with van der Waals surface area (Å²) in [5.74, 6) is -0.310. The van der Waals surface area contributed by atoms with Gasteiger partial charge < -0.3 is 20.6 Å². The van der Waals surface area contributed by atoms with Crippen LogP contribution >= 0.6 is 11.3 Å². The van der Waals surface area contributed by atoms with E-state index in [4.69, 9.17) is 0 Å². The second kappa shape index (κ2) is 8.13. The number of aryl methyl sites for hydroxylation is 1. The number of pyridine rings is 1. The summed E-state index contributed by atoms with van der Waals surface area (Å²) in [6, 6.07) is 11.0. The molecule has 1 aromatic carbocycles. The number of aliphatic hydroxyl groups is 1. The Morgan fingerprint density at radius 1 is 1.21 bits per heavy atom. The normalized spacial score (nSPS) is 18.2. The molecule has 4 aromatic rings. The summed E-state index contributed by atoms with van der Waals surface area (Å²) in [6.07, 6.45) is -0.904. The second-order valence-corrected chi connectivity index (χ2v) is 9.10. The zero-order chi connectivity index (χ0) is 23.3. The van der Waals surface area contributed by atoms with Gasteiger partial charge in [-0.1, -0.05) is 0 Å². The number of amides is 2. The van der Waals surface area contributed by atoms with Gasteiger partial charge in [0, 0.05) is 36.6 Å². The minimum Gasteiger partial charge on any atom is -0.388 e. The molecule has 10 heteroatoms.